The Labute approximate surface area is 204 Å². The van der Waals surface area contributed by atoms with Gasteiger partial charge in [0.2, 0.25) is 0 Å². The average molecular weight is 453 g/mol. The molecule has 1 N–H and O–H groups in total. The molecule has 0 atom stereocenters. The van der Waals surface area contributed by atoms with E-state index >= 15 is 0 Å². The first kappa shape index (κ1) is 20.9. The van der Waals surface area contributed by atoms with Crippen LogP contribution in [-0.4, -0.2) is 9.38 Å². The Morgan fingerprint density at radius 1 is 0.857 bits per heavy atom. The lowest BCUT2D eigenvalue weighted by molar-refractivity contribution is 1.08. The molecule has 6 rings (SSSR count). The molecule has 4 heteroatoms. The molecule has 2 heterocycles. The maximum absolute atomic E-state index is 10.1. The fraction of sp³-hybridized carbons (Fsp3) is 0.0968. The first-order valence-electron chi connectivity index (χ1n) is 11.8. The van der Waals surface area contributed by atoms with Crippen molar-refractivity contribution in [1.82, 2.24) is 9.38 Å². The molecule has 168 valence electrons. The Kier molecular flexibility index (Phi) is 4.97. The van der Waals surface area contributed by atoms with Gasteiger partial charge in [-0.1, -0.05) is 72.3 Å². The molecule has 4 nitrogen and oxygen atoms in total. The van der Waals surface area contributed by atoms with Crippen molar-refractivity contribution >= 4 is 39.0 Å². The number of hydrogen-bond acceptors (Lipinski definition) is 3. The second-order valence-electron chi connectivity index (χ2n) is 9.05. The smallest absolute Gasteiger partial charge is 0.157 e. The normalized spacial score (nSPS) is 11.2. The minimum atomic E-state index is 0.618. The number of aromatic nitrogens is 2. The van der Waals surface area contributed by atoms with Gasteiger partial charge >= 0.3 is 0 Å². The van der Waals surface area contributed by atoms with Crippen molar-refractivity contribution in [2.24, 2.45) is 0 Å². The van der Waals surface area contributed by atoms with Crippen molar-refractivity contribution in [3.8, 4) is 6.07 Å². The SMILES string of the molecule is Cc1ccc(Cc2c(C)c(C#N)c3nc4ccccc4n3c2Nc2ccc3ccccc3c2)cc1. The molecular formula is C31H24N4. The zero-order chi connectivity index (χ0) is 23.9. The van der Waals surface area contributed by atoms with Crippen LogP contribution in [0.4, 0.5) is 11.5 Å². The summed E-state index contributed by atoms with van der Waals surface area (Å²) in [6, 6.07) is 33.9. The van der Waals surface area contributed by atoms with E-state index in [2.05, 4.69) is 95.5 Å². The third-order valence-electron chi connectivity index (χ3n) is 6.75. The highest BCUT2D eigenvalue weighted by atomic mass is 15.1. The predicted molar refractivity (Wildman–Crippen MR) is 143 cm³/mol. The fourth-order valence-corrected chi connectivity index (χ4v) is 4.85. The summed E-state index contributed by atoms with van der Waals surface area (Å²) in [5, 5.41) is 16.2. The van der Waals surface area contributed by atoms with Gasteiger partial charge in [-0.2, -0.15) is 5.26 Å². The van der Waals surface area contributed by atoms with Crippen LogP contribution in [0.2, 0.25) is 0 Å². The number of para-hydroxylation sites is 2. The topological polar surface area (TPSA) is 53.1 Å². The number of aryl methyl sites for hydroxylation is 1. The van der Waals surface area contributed by atoms with Gasteiger partial charge in [0, 0.05) is 17.7 Å². The number of benzene rings is 4. The third kappa shape index (κ3) is 3.59. The summed E-state index contributed by atoms with van der Waals surface area (Å²) in [4.78, 5) is 4.86. The second-order valence-corrected chi connectivity index (χ2v) is 9.05. The number of rotatable bonds is 4. The van der Waals surface area contributed by atoms with Crippen LogP contribution in [0.25, 0.3) is 27.5 Å². The van der Waals surface area contributed by atoms with E-state index in [4.69, 9.17) is 4.98 Å². The molecule has 0 aliphatic heterocycles. The molecule has 6 aromatic rings. The van der Waals surface area contributed by atoms with Gasteiger partial charge in [-0.25, -0.2) is 4.98 Å². The first-order chi connectivity index (χ1) is 17.1. The minimum absolute atomic E-state index is 0.618. The number of nitrogens with one attached hydrogen (secondary N) is 1. The van der Waals surface area contributed by atoms with Crippen LogP contribution in [-0.2, 0) is 6.42 Å². The van der Waals surface area contributed by atoms with Crippen molar-refractivity contribution in [1.29, 1.82) is 5.26 Å². The second kappa shape index (κ2) is 8.30. The summed E-state index contributed by atoms with van der Waals surface area (Å²) in [6.45, 7) is 4.13. The predicted octanol–water partition coefficient (Wildman–Crippen LogP) is 7.46. The zero-order valence-corrected chi connectivity index (χ0v) is 19.7. The van der Waals surface area contributed by atoms with Gasteiger partial charge < -0.3 is 5.32 Å². The van der Waals surface area contributed by atoms with Gasteiger partial charge in [-0.05, 0) is 60.0 Å². The van der Waals surface area contributed by atoms with E-state index in [1.165, 1.54) is 21.9 Å². The summed E-state index contributed by atoms with van der Waals surface area (Å²) in [5.41, 5.74) is 8.63. The van der Waals surface area contributed by atoms with Crippen LogP contribution in [0.15, 0.2) is 91.0 Å². The van der Waals surface area contributed by atoms with Gasteiger partial charge in [0.1, 0.15) is 11.9 Å². The van der Waals surface area contributed by atoms with E-state index in [0.29, 0.717) is 17.6 Å². The Bertz CT molecular complexity index is 1770. The zero-order valence-electron chi connectivity index (χ0n) is 19.7. The summed E-state index contributed by atoms with van der Waals surface area (Å²) >= 11 is 0. The van der Waals surface area contributed by atoms with Crippen molar-refractivity contribution in [2.45, 2.75) is 20.3 Å². The van der Waals surface area contributed by atoms with Gasteiger partial charge in [0.15, 0.2) is 5.65 Å². The number of fused-ring (bicyclic) bond motifs is 4. The maximum atomic E-state index is 10.1. The lowest BCUT2D eigenvalue weighted by Crippen LogP contribution is -2.09. The van der Waals surface area contributed by atoms with Crippen LogP contribution < -0.4 is 5.32 Å². The van der Waals surface area contributed by atoms with E-state index in [1.54, 1.807) is 0 Å². The van der Waals surface area contributed by atoms with Gasteiger partial charge in [-0.3, -0.25) is 4.40 Å². The summed E-state index contributed by atoms with van der Waals surface area (Å²) < 4.78 is 2.11. The van der Waals surface area contributed by atoms with Crippen LogP contribution in [0.5, 0.6) is 0 Å². The van der Waals surface area contributed by atoms with E-state index in [-0.39, 0.29) is 0 Å². The number of hydrogen-bond donors (Lipinski definition) is 1. The Morgan fingerprint density at radius 2 is 1.60 bits per heavy atom. The summed E-state index contributed by atoms with van der Waals surface area (Å²) in [6.07, 6.45) is 0.707. The Morgan fingerprint density at radius 3 is 2.40 bits per heavy atom. The molecule has 0 saturated heterocycles. The third-order valence-corrected chi connectivity index (χ3v) is 6.75. The lowest BCUT2D eigenvalue weighted by atomic mass is 9.97. The monoisotopic (exact) mass is 452 g/mol. The number of imidazole rings is 1. The molecular weight excluding hydrogens is 428 g/mol. The van der Waals surface area contributed by atoms with Gasteiger partial charge in [0.25, 0.3) is 0 Å². The maximum Gasteiger partial charge on any atom is 0.157 e. The first-order valence-corrected chi connectivity index (χ1v) is 11.8. The lowest BCUT2D eigenvalue weighted by Gasteiger charge is -2.19. The van der Waals surface area contributed by atoms with E-state index in [0.717, 1.165) is 33.7 Å². The van der Waals surface area contributed by atoms with Crippen molar-refractivity contribution in [3.63, 3.8) is 0 Å². The van der Waals surface area contributed by atoms with E-state index in [1.807, 2.05) is 25.1 Å². The number of pyridine rings is 1. The van der Waals surface area contributed by atoms with E-state index in [9.17, 15) is 5.26 Å². The fourth-order valence-electron chi connectivity index (χ4n) is 4.85. The standard InChI is InChI=1S/C31H24N4/c1-20-11-13-22(14-12-20)17-26-21(2)27(19-32)31-34-28-9-5-6-10-29(28)35(31)30(26)33-25-16-15-23-7-3-4-8-24(23)18-25/h3-16,18,33H,17H2,1-2H3. The average Bonchev–Trinajstić information content (AvgIpc) is 3.26. The largest absolute Gasteiger partial charge is 0.341 e. The highest BCUT2D eigenvalue weighted by molar-refractivity contribution is 5.89. The molecule has 0 spiro atoms. The molecule has 0 amide bonds. The molecule has 0 aliphatic carbocycles. The van der Waals surface area contributed by atoms with Crippen LogP contribution in [0, 0.1) is 25.2 Å². The van der Waals surface area contributed by atoms with Crippen LogP contribution >= 0.6 is 0 Å². The Balaban J connectivity index is 1.63. The summed E-state index contributed by atoms with van der Waals surface area (Å²) in [5.74, 6) is 0.945. The van der Waals surface area contributed by atoms with Gasteiger partial charge in [0.05, 0.1) is 16.6 Å². The Hall–Kier alpha value is -4.62. The molecule has 2 aromatic heterocycles. The molecule has 0 fully saturated rings. The number of anilines is 2. The molecule has 4 aromatic carbocycles. The number of nitrogens with zero attached hydrogens (tertiary/aromatic N) is 3. The molecule has 0 saturated carbocycles. The van der Waals surface area contributed by atoms with Crippen LogP contribution in [0.1, 0.15) is 27.8 Å². The molecule has 0 radical (unpaired) electrons. The quantitative estimate of drug-likeness (QED) is 0.302. The minimum Gasteiger partial charge on any atom is -0.341 e. The van der Waals surface area contributed by atoms with Crippen LogP contribution in [0.3, 0.4) is 0 Å². The molecule has 0 bridgehead atoms. The summed E-state index contributed by atoms with van der Waals surface area (Å²) in [7, 11) is 0. The van der Waals surface area contributed by atoms with Gasteiger partial charge in [-0.15, -0.1) is 0 Å². The molecule has 35 heavy (non-hydrogen) atoms. The number of nitriles is 1. The molecule has 0 aliphatic rings. The van der Waals surface area contributed by atoms with Crippen molar-refractivity contribution in [3.05, 3.63) is 119 Å². The highest BCUT2D eigenvalue weighted by Crippen LogP contribution is 2.34. The highest BCUT2D eigenvalue weighted by Gasteiger charge is 2.21. The van der Waals surface area contributed by atoms with E-state index < -0.39 is 0 Å². The van der Waals surface area contributed by atoms with Crippen molar-refractivity contribution in [2.75, 3.05) is 5.32 Å². The van der Waals surface area contributed by atoms with Crippen molar-refractivity contribution < 1.29 is 0 Å². The molecule has 0 unspecified atom stereocenters.